The predicted octanol–water partition coefficient (Wildman–Crippen LogP) is 6.04. The third-order valence-electron chi connectivity index (χ3n) is 5.28. The van der Waals surface area contributed by atoms with Crippen LogP contribution in [0.15, 0.2) is 85.3 Å². The van der Waals surface area contributed by atoms with Gasteiger partial charge in [0.2, 0.25) is 0 Å². The SMILES string of the molecule is CCC=CCC=CCC=CCC=CCC=CCCCC(=O)OC(=O)C(CCC(=O)O)NC(=O)c1cccnc1. The Morgan fingerprint density at radius 3 is 2.03 bits per heavy atom. The number of ether oxygens (including phenoxy) is 1. The van der Waals surface area contributed by atoms with E-state index < -0.39 is 29.9 Å². The fourth-order valence-electron chi connectivity index (χ4n) is 3.22. The normalized spacial score (nSPS) is 12.6. The average Bonchev–Trinajstić information content (AvgIpc) is 2.92. The maximum absolute atomic E-state index is 12.4. The predicted molar refractivity (Wildman–Crippen MR) is 152 cm³/mol. The molecular weight excluding hydrogens is 496 g/mol. The molecule has 0 radical (unpaired) electrons. The van der Waals surface area contributed by atoms with Gasteiger partial charge < -0.3 is 15.2 Å². The molecule has 1 atom stereocenters. The summed E-state index contributed by atoms with van der Waals surface area (Å²) in [5.74, 6) is -3.44. The van der Waals surface area contributed by atoms with Crippen molar-refractivity contribution in [2.75, 3.05) is 0 Å². The lowest BCUT2D eigenvalue weighted by molar-refractivity contribution is -0.161. The lowest BCUT2D eigenvalue weighted by atomic mass is 10.1. The van der Waals surface area contributed by atoms with Crippen LogP contribution in [0.1, 0.15) is 81.5 Å². The highest BCUT2D eigenvalue weighted by Gasteiger charge is 2.25. The lowest BCUT2D eigenvalue weighted by Crippen LogP contribution is -2.42. The van der Waals surface area contributed by atoms with E-state index in [1.807, 2.05) is 12.2 Å². The number of carboxylic acid groups (broad SMARTS) is 1. The fourth-order valence-corrected chi connectivity index (χ4v) is 3.22. The van der Waals surface area contributed by atoms with Crippen LogP contribution in [0.5, 0.6) is 0 Å². The summed E-state index contributed by atoms with van der Waals surface area (Å²) in [7, 11) is 0. The molecule has 0 aromatic carbocycles. The molecule has 0 aliphatic carbocycles. The number of amides is 1. The highest BCUT2D eigenvalue weighted by molar-refractivity contribution is 5.98. The quantitative estimate of drug-likeness (QED) is 0.0957. The molecule has 1 aromatic heterocycles. The second-order valence-corrected chi connectivity index (χ2v) is 8.59. The van der Waals surface area contributed by atoms with Crippen LogP contribution < -0.4 is 5.32 Å². The number of carbonyl (C=O) groups is 4. The summed E-state index contributed by atoms with van der Waals surface area (Å²) in [4.78, 5) is 51.6. The van der Waals surface area contributed by atoms with Gasteiger partial charge in [-0.05, 0) is 63.5 Å². The molecule has 0 aliphatic heterocycles. The highest BCUT2D eigenvalue weighted by Crippen LogP contribution is 2.07. The number of carbonyl (C=O) groups excluding carboxylic acids is 3. The molecule has 1 rings (SSSR count). The molecule has 0 aliphatic rings. The molecular formula is C31H40N2O6. The highest BCUT2D eigenvalue weighted by atomic mass is 16.6. The second-order valence-electron chi connectivity index (χ2n) is 8.59. The van der Waals surface area contributed by atoms with Crippen LogP contribution in [-0.2, 0) is 19.1 Å². The lowest BCUT2D eigenvalue weighted by Gasteiger charge is -2.16. The van der Waals surface area contributed by atoms with Crippen LogP contribution in [0.2, 0.25) is 0 Å². The molecule has 1 aromatic rings. The molecule has 39 heavy (non-hydrogen) atoms. The number of hydrogen-bond donors (Lipinski definition) is 2. The molecule has 0 fully saturated rings. The van der Waals surface area contributed by atoms with Crippen molar-refractivity contribution in [1.29, 1.82) is 0 Å². The molecule has 1 heterocycles. The molecule has 1 amide bonds. The Bertz CT molecular complexity index is 1020. The Hall–Kier alpha value is -4.07. The van der Waals surface area contributed by atoms with Gasteiger partial charge in [-0.3, -0.25) is 19.4 Å². The van der Waals surface area contributed by atoms with E-state index in [0.29, 0.717) is 12.8 Å². The van der Waals surface area contributed by atoms with Crippen LogP contribution >= 0.6 is 0 Å². The summed E-state index contributed by atoms with van der Waals surface area (Å²) in [5.41, 5.74) is 0.203. The van der Waals surface area contributed by atoms with Gasteiger partial charge in [-0.15, -0.1) is 0 Å². The number of nitrogens with zero attached hydrogens (tertiary/aromatic N) is 1. The Labute approximate surface area is 231 Å². The number of esters is 2. The zero-order chi connectivity index (χ0) is 28.6. The van der Waals surface area contributed by atoms with Gasteiger partial charge in [0, 0.05) is 25.2 Å². The number of rotatable bonds is 19. The summed E-state index contributed by atoms with van der Waals surface area (Å²) in [6.45, 7) is 2.12. The van der Waals surface area contributed by atoms with Crippen LogP contribution in [0.3, 0.4) is 0 Å². The Balaban J connectivity index is 2.28. The standard InChI is InChI=1S/C31H40N2O6/c1-2-3-4-5-6-7-8-9-10-11-12-13-14-15-16-17-18-21-29(36)39-31(38)27(22-23-28(34)35)33-30(37)26-20-19-24-32-25-26/h3-4,6-7,9-10,12-13,15-16,19-20,24-25,27H,2,5,8,11,14,17-18,21-23H2,1H3,(H,33,37)(H,34,35). The van der Waals surface area contributed by atoms with Crippen LogP contribution in [0, 0.1) is 0 Å². The van der Waals surface area contributed by atoms with Gasteiger partial charge in [0.15, 0.2) is 0 Å². The number of aromatic nitrogens is 1. The minimum atomic E-state index is -1.26. The van der Waals surface area contributed by atoms with Crippen molar-refractivity contribution in [1.82, 2.24) is 10.3 Å². The van der Waals surface area contributed by atoms with E-state index in [2.05, 4.69) is 65.8 Å². The van der Waals surface area contributed by atoms with Gasteiger partial charge in [-0.2, -0.15) is 0 Å². The smallest absolute Gasteiger partial charge is 0.336 e. The molecule has 8 heteroatoms. The molecule has 2 N–H and O–H groups in total. The molecule has 8 nitrogen and oxygen atoms in total. The first kappa shape index (κ1) is 33.0. The van der Waals surface area contributed by atoms with Gasteiger partial charge in [-0.25, -0.2) is 4.79 Å². The number of nitrogens with one attached hydrogen (secondary N) is 1. The van der Waals surface area contributed by atoms with Crippen LogP contribution in [0.25, 0.3) is 0 Å². The summed E-state index contributed by atoms with van der Waals surface area (Å²) in [5, 5.41) is 11.4. The van der Waals surface area contributed by atoms with Gasteiger partial charge in [-0.1, -0.05) is 67.7 Å². The van der Waals surface area contributed by atoms with Crippen molar-refractivity contribution in [3.63, 3.8) is 0 Å². The Morgan fingerprint density at radius 2 is 1.49 bits per heavy atom. The number of carboxylic acids is 1. The zero-order valence-electron chi connectivity index (χ0n) is 22.7. The molecule has 1 unspecified atom stereocenters. The summed E-state index contributed by atoms with van der Waals surface area (Å²) < 4.78 is 4.86. The monoisotopic (exact) mass is 536 g/mol. The van der Waals surface area contributed by atoms with E-state index in [1.54, 1.807) is 6.07 Å². The third kappa shape index (κ3) is 17.9. The number of aliphatic carboxylic acids is 1. The maximum Gasteiger partial charge on any atom is 0.336 e. The topological polar surface area (TPSA) is 123 Å². The van der Waals surface area contributed by atoms with E-state index in [-0.39, 0.29) is 24.8 Å². The Kier molecular flexibility index (Phi) is 18.6. The minimum absolute atomic E-state index is 0.0300. The maximum atomic E-state index is 12.4. The molecule has 0 saturated heterocycles. The molecule has 0 bridgehead atoms. The molecule has 0 spiro atoms. The molecule has 0 saturated carbocycles. The number of hydrogen-bond acceptors (Lipinski definition) is 6. The van der Waals surface area contributed by atoms with Gasteiger partial charge in [0.05, 0.1) is 5.56 Å². The largest absolute Gasteiger partial charge is 0.481 e. The van der Waals surface area contributed by atoms with Crippen molar-refractivity contribution >= 4 is 23.8 Å². The van der Waals surface area contributed by atoms with E-state index >= 15 is 0 Å². The van der Waals surface area contributed by atoms with E-state index in [9.17, 15) is 19.2 Å². The van der Waals surface area contributed by atoms with E-state index in [1.165, 1.54) is 18.5 Å². The number of pyridine rings is 1. The minimum Gasteiger partial charge on any atom is -0.481 e. The first-order valence-corrected chi connectivity index (χ1v) is 13.4. The summed E-state index contributed by atoms with van der Waals surface area (Å²) in [6.07, 6.45) is 29.2. The zero-order valence-corrected chi connectivity index (χ0v) is 22.7. The van der Waals surface area contributed by atoms with Gasteiger partial charge in [0.25, 0.3) is 5.91 Å². The average molecular weight is 537 g/mol. The van der Waals surface area contributed by atoms with Crippen molar-refractivity contribution in [2.45, 2.75) is 77.2 Å². The van der Waals surface area contributed by atoms with E-state index in [4.69, 9.17) is 9.84 Å². The van der Waals surface area contributed by atoms with Crippen molar-refractivity contribution in [3.8, 4) is 0 Å². The van der Waals surface area contributed by atoms with E-state index in [0.717, 1.165) is 32.1 Å². The van der Waals surface area contributed by atoms with Crippen molar-refractivity contribution < 1.29 is 29.0 Å². The van der Waals surface area contributed by atoms with Crippen LogP contribution in [0.4, 0.5) is 0 Å². The molecule has 210 valence electrons. The summed E-state index contributed by atoms with van der Waals surface area (Å²) >= 11 is 0. The van der Waals surface area contributed by atoms with Crippen molar-refractivity contribution in [2.24, 2.45) is 0 Å². The summed E-state index contributed by atoms with van der Waals surface area (Å²) in [6, 6.07) is 1.80. The van der Waals surface area contributed by atoms with Gasteiger partial charge >= 0.3 is 17.9 Å². The van der Waals surface area contributed by atoms with Crippen molar-refractivity contribution in [3.05, 3.63) is 90.9 Å². The Morgan fingerprint density at radius 1 is 0.897 bits per heavy atom. The first-order chi connectivity index (χ1) is 18.9. The second kappa shape index (κ2) is 22.0. The van der Waals surface area contributed by atoms with Crippen LogP contribution in [-0.4, -0.2) is 39.9 Å². The third-order valence-corrected chi connectivity index (χ3v) is 5.28. The van der Waals surface area contributed by atoms with Gasteiger partial charge in [0.1, 0.15) is 6.04 Å². The number of unbranched alkanes of at least 4 members (excludes halogenated alkanes) is 1. The fraction of sp³-hybridized carbons (Fsp3) is 0.387. The first-order valence-electron chi connectivity index (χ1n) is 13.4. The number of allylic oxidation sites excluding steroid dienone is 10.